The second-order valence-corrected chi connectivity index (χ2v) is 4.72. The van der Waals surface area contributed by atoms with Gasteiger partial charge in [-0.05, 0) is 37.0 Å². The summed E-state index contributed by atoms with van der Waals surface area (Å²) < 4.78 is 0. The van der Waals surface area contributed by atoms with Gasteiger partial charge in [0, 0.05) is 13.1 Å². The standard InChI is InChI=1S/C14H19N3/c1-2-11-5-7-17(8-6-11)14-4-3-12(10-15)9-13(14)16/h3-4,9,11H,2,5-8,16H2,1H3. The number of anilines is 2. The first-order valence-electron chi connectivity index (χ1n) is 6.29. The lowest BCUT2D eigenvalue weighted by Crippen LogP contribution is -2.33. The zero-order valence-corrected chi connectivity index (χ0v) is 10.3. The molecule has 0 radical (unpaired) electrons. The normalized spacial score (nSPS) is 16.8. The summed E-state index contributed by atoms with van der Waals surface area (Å²) in [4.78, 5) is 2.34. The minimum atomic E-state index is 0.634. The van der Waals surface area contributed by atoms with Gasteiger partial charge in [-0.1, -0.05) is 13.3 Å². The fraction of sp³-hybridized carbons (Fsp3) is 0.500. The molecular weight excluding hydrogens is 210 g/mol. The molecular formula is C14H19N3. The van der Waals surface area contributed by atoms with Gasteiger partial charge >= 0.3 is 0 Å². The average molecular weight is 229 g/mol. The van der Waals surface area contributed by atoms with Crippen molar-refractivity contribution in [3.05, 3.63) is 23.8 Å². The maximum absolute atomic E-state index is 8.81. The third-order valence-electron chi connectivity index (χ3n) is 3.69. The summed E-state index contributed by atoms with van der Waals surface area (Å²) in [5, 5.41) is 8.81. The topological polar surface area (TPSA) is 53.0 Å². The quantitative estimate of drug-likeness (QED) is 0.793. The monoisotopic (exact) mass is 229 g/mol. The van der Waals surface area contributed by atoms with E-state index in [1.807, 2.05) is 12.1 Å². The van der Waals surface area contributed by atoms with Gasteiger partial charge in [-0.25, -0.2) is 0 Å². The van der Waals surface area contributed by atoms with Crippen molar-refractivity contribution in [1.82, 2.24) is 0 Å². The Labute approximate surface area is 103 Å². The predicted octanol–water partition coefficient (Wildman–Crippen LogP) is 2.77. The van der Waals surface area contributed by atoms with Crippen LogP contribution >= 0.6 is 0 Å². The molecule has 0 saturated carbocycles. The smallest absolute Gasteiger partial charge is 0.0992 e. The molecule has 0 atom stereocenters. The average Bonchev–Trinajstić information content (AvgIpc) is 2.39. The number of benzene rings is 1. The second-order valence-electron chi connectivity index (χ2n) is 4.72. The summed E-state index contributed by atoms with van der Waals surface area (Å²) in [7, 11) is 0. The number of nitrogens with zero attached hydrogens (tertiary/aromatic N) is 2. The van der Waals surface area contributed by atoms with Gasteiger partial charge in [0.1, 0.15) is 0 Å². The van der Waals surface area contributed by atoms with E-state index in [0.29, 0.717) is 5.56 Å². The minimum absolute atomic E-state index is 0.634. The Morgan fingerprint density at radius 3 is 2.65 bits per heavy atom. The molecule has 0 amide bonds. The van der Waals surface area contributed by atoms with Crippen molar-refractivity contribution in [2.24, 2.45) is 5.92 Å². The van der Waals surface area contributed by atoms with Gasteiger partial charge in [-0.2, -0.15) is 5.26 Å². The highest BCUT2D eigenvalue weighted by atomic mass is 15.1. The number of piperidine rings is 1. The molecule has 90 valence electrons. The van der Waals surface area contributed by atoms with Gasteiger partial charge < -0.3 is 10.6 Å². The van der Waals surface area contributed by atoms with Crippen LogP contribution in [-0.2, 0) is 0 Å². The van der Waals surface area contributed by atoms with Crippen LogP contribution in [0, 0.1) is 17.2 Å². The fourth-order valence-electron chi connectivity index (χ4n) is 2.49. The molecule has 3 nitrogen and oxygen atoms in total. The van der Waals surface area contributed by atoms with E-state index in [4.69, 9.17) is 11.0 Å². The van der Waals surface area contributed by atoms with E-state index in [2.05, 4.69) is 17.9 Å². The van der Waals surface area contributed by atoms with E-state index < -0.39 is 0 Å². The Kier molecular flexibility index (Phi) is 3.53. The van der Waals surface area contributed by atoms with Crippen molar-refractivity contribution in [1.29, 1.82) is 5.26 Å². The third-order valence-corrected chi connectivity index (χ3v) is 3.69. The third kappa shape index (κ3) is 2.52. The molecule has 17 heavy (non-hydrogen) atoms. The van der Waals surface area contributed by atoms with Crippen LogP contribution in [0.15, 0.2) is 18.2 Å². The highest BCUT2D eigenvalue weighted by Gasteiger charge is 2.19. The summed E-state index contributed by atoms with van der Waals surface area (Å²) in [5.74, 6) is 0.867. The Hall–Kier alpha value is -1.69. The molecule has 1 fully saturated rings. The van der Waals surface area contributed by atoms with Gasteiger partial charge in [0.25, 0.3) is 0 Å². The number of hydrogen-bond acceptors (Lipinski definition) is 3. The zero-order valence-electron chi connectivity index (χ0n) is 10.3. The molecule has 1 heterocycles. The Bertz CT molecular complexity index is 426. The molecule has 0 aromatic heterocycles. The predicted molar refractivity (Wildman–Crippen MR) is 70.8 cm³/mol. The number of nitrogen functional groups attached to an aromatic ring is 1. The number of hydrogen-bond donors (Lipinski definition) is 1. The van der Waals surface area contributed by atoms with E-state index in [1.54, 1.807) is 6.07 Å². The number of nitriles is 1. The van der Waals surface area contributed by atoms with Crippen LogP contribution in [0.5, 0.6) is 0 Å². The maximum atomic E-state index is 8.81. The van der Waals surface area contributed by atoms with E-state index in [0.717, 1.165) is 30.4 Å². The van der Waals surface area contributed by atoms with Gasteiger partial charge in [-0.15, -0.1) is 0 Å². The Balaban J connectivity index is 2.11. The molecule has 0 unspecified atom stereocenters. The highest BCUT2D eigenvalue weighted by molar-refractivity contribution is 5.69. The molecule has 0 bridgehead atoms. The molecule has 1 saturated heterocycles. The molecule has 0 aliphatic carbocycles. The summed E-state index contributed by atoms with van der Waals surface area (Å²) >= 11 is 0. The minimum Gasteiger partial charge on any atom is -0.397 e. The highest BCUT2D eigenvalue weighted by Crippen LogP contribution is 2.29. The molecule has 3 heteroatoms. The second kappa shape index (κ2) is 5.09. The lowest BCUT2D eigenvalue weighted by atomic mass is 9.94. The maximum Gasteiger partial charge on any atom is 0.0992 e. The fourth-order valence-corrected chi connectivity index (χ4v) is 2.49. The SMILES string of the molecule is CCC1CCN(c2ccc(C#N)cc2N)CC1. The molecule has 1 aromatic rings. The van der Waals surface area contributed by atoms with Crippen molar-refractivity contribution in [3.63, 3.8) is 0 Å². The van der Waals surface area contributed by atoms with Gasteiger partial charge in [0.05, 0.1) is 23.0 Å². The zero-order chi connectivity index (χ0) is 12.3. The van der Waals surface area contributed by atoms with Crippen LogP contribution < -0.4 is 10.6 Å². The molecule has 0 spiro atoms. The first-order chi connectivity index (χ1) is 8.24. The summed E-state index contributed by atoms with van der Waals surface area (Å²) in [6, 6.07) is 7.70. The molecule has 1 aromatic carbocycles. The molecule has 2 N–H and O–H groups in total. The van der Waals surface area contributed by atoms with Crippen LogP contribution in [0.1, 0.15) is 31.7 Å². The van der Waals surface area contributed by atoms with E-state index >= 15 is 0 Å². The molecule has 1 aliphatic rings. The van der Waals surface area contributed by atoms with E-state index in [9.17, 15) is 0 Å². The van der Waals surface area contributed by atoms with Crippen LogP contribution in [0.3, 0.4) is 0 Å². The van der Waals surface area contributed by atoms with Crippen molar-refractivity contribution in [3.8, 4) is 6.07 Å². The first-order valence-corrected chi connectivity index (χ1v) is 6.29. The first kappa shape index (κ1) is 11.8. The van der Waals surface area contributed by atoms with E-state index in [-0.39, 0.29) is 0 Å². The molecule has 1 aliphatic heterocycles. The summed E-state index contributed by atoms with van der Waals surface area (Å²) in [6.45, 7) is 4.42. The molecule has 2 rings (SSSR count). The van der Waals surface area contributed by atoms with Crippen molar-refractivity contribution in [2.75, 3.05) is 23.7 Å². The van der Waals surface area contributed by atoms with Crippen LogP contribution in [0.2, 0.25) is 0 Å². The summed E-state index contributed by atoms with van der Waals surface area (Å²) in [5.41, 5.74) is 8.44. The lowest BCUT2D eigenvalue weighted by molar-refractivity contribution is 0.395. The Morgan fingerprint density at radius 2 is 2.12 bits per heavy atom. The number of rotatable bonds is 2. The van der Waals surface area contributed by atoms with Crippen LogP contribution in [0.4, 0.5) is 11.4 Å². The van der Waals surface area contributed by atoms with Crippen molar-refractivity contribution >= 4 is 11.4 Å². The number of nitrogens with two attached hydrogens (primary N) is 1. The largest absolute Gasteiger partial charge is 0.397 e. The van der Waals surface area contributed by atoms with Crippen LogP contribution in [0.25, 0.3) is 0 Å². The van der Waals surface area contributed by atoms with Gasteiger partial charge in [0.15, 0.2) is 0 Å². The van der Waals surface area contributed by atoms with E-state index in [1.165, 1.54) is 19.3 Å². The summed E-state index contributed by atoms with van der Waals surface area (Å²) in [6.07, 6.45) is 3.77. The van der Waals surface area contributed by atoms with Gasteiger partial charge in [0.2, 0.25) is 0 Å². The van der Waals surface area contributed by atoms with Gasteiger partial charge in [-0.3, -0.25) is 0 Å². The Morgan fingerprint density at radius 1 is 1.41 bits per heavy atom. The van der Waals surface area contributed by atoms with Crippen molar-refractivity contribution < 1.29 is 0 Å². The lowest BCUT2D eigenvalue weighted by Gasteiger charge is -2.33. The van der Waals surface area contributed by atoms with Crippen molar-refractivity contribution in [2.45, 2.75) is 26.2 Å². The van der Waals surface area contributed by atoms with Crippen LogP contribution in [-0.4, -0.2) is 13.1 Å².